The predicted octanol–water partition coefficient (Wildman–Crippen LogP) is 4.21. The number of allylic oxidation sites excluding steroid dienone is 2. The second-order valence-corrected chi connectivity index (χ2v) is 7.21. The SMILES string of the molecule is N#Cc1c(N)nc(SCC(=O)c2ccccc2)c(C#N)c1[C@@H]1CC=CCC1. The van der Waals surface area contributed by atoms with Crippen molar-refractivity contribution in [2.75, 3.05) is 11.5 Å². The first-order chi connectivity index (χ1) is 13.2. The van der Waals surface area contributed by atoms with Gasteiger partial charge in [0.15, 0.2) is 5.78 Å². The molecule has 0 amide bonds. The lowest BCUT2D eigenvalue weighted by molar-refractivity contribution is 0.102. The van der Waals surface area contributed by atoms with Crippen LogP contribution in [-0.2, 0) is 0 Å². The highest BCUT2D eigenvalue weighted by Crippen LogP contribution is 2.38. The number of thioether (sulfide) groups is 1. The van der Waals surface area contributed by atoms with Gasteiger partial charge in [-0.1, -0.05) is 54.2 Å². The first-order valence-electron chi connectivity index (χ1n) is 8.65. The van der Waals surface area contributed by atoms with Crippen molar-refractivity contribution in [1.82, 2.24) is 4.98 Å². The Morgan fingerprint density at radius 1 is 1.19 bits per heavy atom. The minimum Gasteiger partial charge on any atom is -0.383 e. The number of nitrogens with zero attached hydrogens (tertiary/aromatic N) is 3. The van der Waals surface area contributed by atoms with Crippen LogP contribution in [0, 0.1) is 22.7 Å². The lowest BCUT2D eigenvalue weighted by atomic mass is 9.83. The van der Waals surface area contributed by atoms with Crippen LogP contribution in [0.15, 0.2) is 47.5 Å². The van der Waals surface area contributed by atoms with Crippen molar-refractivity contribution < 1.29 is 4.79 Å². The van der Waals surface area contributed by atoms with Gasteiger partial charge in [-0.25, -0.2) is 4.98 Å². The molecule has 27 heavy (non-hydrogen) atoms. The molecule has 2 aromatic rings. The van der Waals surface area contributed by atoms with Crippen LogP contribution in [0.5, 0.6) is 0 Å². The Morgan fingerprint density at radius 3 is 2.56 bits per heavy atom. The highest BCUT2D eigenvalue weighted by atomic mass is 32.2. The molecule has 1 heterocycles. The number of anilines is 1. The average molecular weight is 374 g/mol. The van der Waals surface area contributed by atoms with Gasteiger partial charge < -0.3 is 5.73 Å². The maximum absolute atomic E-state index is 12.4. The normalized spacial score (nSPS) is 15.7. The van der Waals surface area contributed by atoms with E-state index in [1.807, 2.05) is 18.2 Å². The zero-order valence-electron chi connectivity index (χ0n) is 14.7. The first-order valence-corrected chi connectivity index (χ1v) is 9.63. The summed E-state index contributed by atoms with van der Waals surface area (Å²) in [5, 5.41) is 19.7. The number of hydrogen-bond acceptors (Lipinski definition) is 6. The zero-order chi connectivity index (χ0) is 19.2. The van der Waals surface area contributed by atoms with Crippen molar-refractivity contribution in [2.24, 2.45) is 0 Å². The Balaban J connectivity index is 1.95. The van der Waals surface area contributed by atoms with E-state index in [2.05, 4.69) is 29.3 Å². The number of nitrogen functional groups attached to an aromatic ring is 1. The van der Waals surface area contributed by atoms with Crippen molar-refractivity contribution in [3.8, 4) is 12.1 Å². The number of carbonyl (C=O) groups excluding carboxylic acids is 1. The molecule has 0 radical (unpaired) electrons. The molecule has 0 saturated carbocycles. The fraction of sp³-hybridized carbons (Fsp3) is 0.238. The summed E-state index contributed by atoms with van der Waals surface area (Å²) >= 11 is 1.20. The predicted molar refractivity (Wildman–Crippen MR) is 105 cm³/mol. The van der Waals surface area contributed by atoms with Gasteiger partial charge in [0.1, 0.15) is 23.0 Å². The molecule has 0 spiro atoms. The van der Waals surface area contributed by atoms with Gasteiger partial charge in [0.2, 0.25) is 0 Å². The number of ketones is 1. The van der Waals surface area contributed by atoms with Crippen molar-refractivity contribution >= 4 is 23.4 Å². The van der Waals surface area contributed by atoms with Crippen molar-refractivity contribution in [2.45, 2.75) is 30.2 Å². The molecule has 1 aromatic carbocycles. The molecule has 0 unspecified atom stereocenters. The number of benzene rings is 1. The van der Waals surface area contributed by atoms with Gasteiger partial charge in [0, 0.05) is 5.56 Å². The molecule has 134 valence electrons. The molecule has 6 heteroatoms. The second kappa shape index (κ2) is 8.53. The summed E-state index contributed by atoms with van der Waals surface area (Å²) in [5.74, 6) is 0.293. The quantitative estimate of drug-likeness (QED) is 0.478. The van der Waals surface area contributed by atoms with E-state index in [0.717, 1.165) is 19.3 Å². The third-order valence-corrected chi connectivity index (χ3v) is 5.54. The third-order valence-electron chi connectivity index (χ3n) is 4.57. The Hall–Kier alpha value is -3.09. The number of rotatable bonds is 5. The smallest absolute Gasteiger partial charge is 0.173 e. The van der Waals surface area contributed by atoms with Crippen LogP contribution in [0.3, 0.4) is 0 Å². The van der Waals surface area contributed by atoms with Crippen LogP contribution in [0.4, 0.5) is 5.82 Å². The molecule has 0 fully saturated rings. The molecule has 2 N–H and O–H groups in total. The lowest BCUT2D eigenvalue weighted by Gasteiger charge is -2.22. The molecular formula is C21H18N4OS. The van der Waals surface area contributed by atoms with E-state index in [-0.39, 0.29) is 28.8 Å². The fourth-order valence-corrected chi connectivity index (χ4v) is 4.13. The van der Waals surface area contributed by atoms with E-state index in [1.165, 1.54) is 11.8 Å². The number of pyridine rings is 1. The van der Waals surface area contributed by atoms with E-state index in [4.69, 9.17) is 5.73 Å². The number of aromatic nitrogens is 1. The van der Waals surface area contributed by atoms with Gasteiger partial charge in [0.25, 0.3) is 0 Å². The van der Waals surface area contributed by atoms with Crippen molar-refractivity contribution in [1.29, 1.82) is 10.5 Å². The highest BCUT2D eigenvalue weighted by Gasteiger charge is 2.26. The molecule has 1 atom stereocenters. The molecule has 0 bridgehead atoms. The van der Waals surface area contributed by atoms with Gasteiger partial charge in [0.05, 0.1) is 16.9 Å². The molecular weight excluding hydrogens is 356 g/mol. The molecule has 0 saturated heterocycles. The van der Waals surface area contributed by atoms with Crippen LogP contribution >= 0.6 is 11.8 Å². The summed E-state index contributed by atoms with van der Waals surface area (Å²) in [6.07, 6.45) is 6.69. The van der Waals surface area contributed by atoms with Crippen molar-refractivity contribution in [3.05, 3.63) is 64.7 Å². The lowest BCUT2D eigenvalue weighted by Crippen LogP contribution is -2.12. The Morgan fingerprint density at radius 2 is 1.93 bits per heavy atom. The van der Waals surface area contributed by atoms with E-state index >= 15 is 0 Å². The zero-order valence-corrected chi connectivity index (χ0v) is 15.5. The van der Waals surface area contributed by atoms with E-state index in [9.17, 15) is 15.3 Å². The standard InChI is InChI=1S/C21H18N4OS/c22-11-16-19(15-9-5-2-6-10-15)17(12-23)21(25-20(16)24)27-13-18(26)14-7-3-1-4-8-14/h1-5,7-8,15H,6,9-10,13H2,(H2,24,25)/t15-/m1/s1. The molecule has 5 nitrogen and oxygen atoms in total. The summed E-state index contributed by atoms with van der Waals surface area (Å²) in [4.78, 5) is 16.6. The van der Waals surface area contributed by atoms with Crippen LogP contribution in [0.25, 0.3) is 0 Å². The monoisotopic (exact) mass is 374 g/mol. The fourth-order valence-electron chi connectivity index (χ4n) is 3.23. The van der Waals surface area contributed by atoms with Crippen molar-refractivity contribution in [3.63, 3.8) is 0 Å². The van der Waals surface area contributed by atoms with Crippen LogP contribution in [-0.4, -0.2) is 16.5 Å². The van der Waals surface area contributed by atoms with Gasteiger partial charge in [-0.3, -0.25) is 4.79 Å². The van der Waals surface area contributed by atoms with Crippen LogP contribution in [0.1, 0.15) is 52.2 Å². The number of carbonyl (C=O) groups is 1. The maximum Gasteiger partial charge on any atom is 0.173 e. The van der Waals surface area contributed by atoms with Gasteiger partial charge in [-0.05, 0) is 30.7 Å². The topological polar surface area (TPSA) is 104 Å². The number of nitriles is 2. The summed E-state index contributed by atoms with van der Waals surface area (Å²) in [6, 6.07) is 13.3. The third kappa shape index (κ3) is 4.02. The maximum atomic E-state index is 12.4. The van der Waals surface area contributed by atoms with Crippen LogP contribution in [0.2, 0.25) is 0 Å². The minimum atomic E-state index is -0.0450. The first kappa shape index (κ1) is 18.7. The van der Waals surface area contributed by atoms with Gasteiger partial charge in [-0.2, -0.15) is 10.5 Å². The number of Topliss-reactive ketones (excluding diaryl/α,β-unsaturated/α-hetero) is 1. The molecule has 1 aromatic heterocycles. The number of nitrogens with two attached hydrogens (primary N) is 1. The minimum absolute atomic E-state index is 0.0450. The number of hydrogen-bond donors (Lipinski definition) is 1. The molecule has 3 rings (SSSR count). The second-order valence-electron chi connectivity index (χ2n) is 6.25. The summed E-state index contributed by atoms with van der Waals surface area (Å²) in [7, 11) is 0. The average Bonchev–Trinajstić information content (AvgIpc) is 2.72. The van der Waals surface area contributed by atoms with E-state index in [0.29, 0.717) is 21.7 Å². The largest absolute Gasteiger partial charge is 0.383 e. The summed E-state index contributed by atoms with van der Waals surface area (Å²) < 4.78 is 0. The highest BCUT2D eigenvalue weighted by molar-refractivity contribution is 8.00. The van der Waals surface area contributed by atoms with E-state index < -0.39 is 0 Å². The molecule has 0 aliphatic heterocycles. The Kier molecular flexibility index (Phi) is 5.90. The molecule has 1 aliphatic rings. The Labute approximate surface area is 162 Å². The molecule has 1 aliphatic carbocycles. The summed E-state index contributed by atoms with van der Waals surface area (Å²) in [6.45, 7) is 0. The summed E-state index contributed by atoms with van der Waals surface area (Å²) in [5.41, 5.74) is 7.96. The van der Waals surface area contributed by atoms with Gasteiger partial charge in [-0.15, -0.1) is 0 Å². The van der Waals surface area contributed by atoms with Crippen LogP contribution < -0.4 is 5.73 Å². The van der Waals surface area contributed by atoms with Gasteiger partial charge >= 0.3 is 0 Å². The van der Waals surface area contributed by atoms with E-state index in [1.54, 1.807) is 12.1 Å². The Bertz CT molecular complexity index is 970.